The van der Waals surface area contributed by atoms with Crippen molar-refractivity contribution in [3.63, 3.8) is 0 Å². The van der Waals surface area contributed by atoms with Crippen molar-refractivity contribution in [1.29, 1.82) is 0 Å². The summed E-state index contributed by atoms with van der Waals surface area (Å²) in [6, 6.07) is 0. The number of rotatable bonds is 5. The van der Waals surface area contributed by atoms with Gasteiger partial charge in [0.2, 0.25) is 0 Å². The van der Waals surface area contributed by atoms with E-state index in [0.29, 0.717) is 0 Å². The SMILES string of the molecule is CC12CCC(C(OC(CC(=O)O)C(=O)O)C1)C(C)(C)N2. The van der Waals surface area contributed by atoms with E-state index in [9.17, 15) is 9.59 Å². The van der Waals surface area contributed by atoms with Crippen molar-refractivity contribution < 1.29 is 24.5 Å². The Morgan fingerprint density at radius 3 is 2.45 bits per heavy atom. The lowest BCUT2D eigenvalue weighted by Crippen LogP contribution is -2.70. The van der Waals surface area contributed by atoms with Gasteiger partial charge in [-0.3, -0.25) is 4.79 Å². The van der Waals surface area contributed by atoms with E-state index in [0.717, 1.165) is 19.3 Å². The lowest BCUT2D eigenvalue weighted by atomic mass is 9.62. The molecule has 3 N–H and O–H groups in total. The van der Waals surface area contributed by atoms with E-state index in [1.807, 2.05) is 0 Å². The Morgan fingerprint density at radius 2 is 2.00 bits per heavy atom. The van der Waals surface area contributed by atoms with Crippen molar-refractivity contribution >= 4 is 11.9 Å². The number of fused-ring (bicyclic) bond motifs is 3. The van der Waals surface area contributed by atoms with Crippen LogP contribution in [0.25, 0.3) is 0 Å². The number of carboxylic acids is 2. The molecule has 0 aromatic rings. The number of piperidine rings is 2. The molecule has 1 aliphatic carbocycles. The van der Waals surface area contributed by atoms with Gasteiger partial charge in [0.15, 0.2) is 6.10 Å². The first-order chi connectivity index (χ1) is 9.13. The number of hydrogen-bond acceptors (Lipinski definition) is 4. The summed E-state index contributed by atoms with van der Waals surface area (Å²) >= 11 is 0. The average Bonchev–Trinajstić information content (AvgIpc) is 2.24. The van der Waals surface area contributed by atoms with Crippen molar-refractivity contribution in [3.8, 4) is 0 Å². The first-order valence-electron chi connectivity index (χ1n) is 7.02. The highest BCUT2D eigenvalue weighted by molar-refractivity contribution is 5.79. The minimum absolute atomic E-state index is 0.0603. The molecule has 0 spiro atoms. The average molecular weight is 285 g/mol. The molecule has 1 saturated carbocycles. The fraction of sp³-hybridized carbons (Fsp3) is 0.857. The Balaban J connectivity index is 2.12. The molecule has 2 aliphatic heterocycles. The molecular weight excluding hydrogens is 262 g/mol. The third kappa shape index (κ3) is 2.96. The molecular formula is C14H23NO5. The molecule has 2 saturated heterocycles. The zero-order valence-corrected chi connectivity index (χ0v) is 12.2. The van der Waals surface area contributed by atoms with Crippen molar-refractivity contribution in [2.45, 2.75) is 69.7 Å². The van der Waals surface area contributed by atoms with Gasteiger partial charge in [0, 0.05) is 17.0 Å². The summed E-state index contributed by atoms with van der Waals surface area (Å²) in [5, 5.41) is 21.5. The van der Waals surface area contributed by atoms with E-state index in [1.54, 1.807) is 0 Å². The minimum atomic E-state index is -1.27. The Hall–Kier alpha value is -1.14. The quantitative estimate of drug-likeness (QED) is 0.703. The molecule has 114 valence electrons. The van der Waals surface area contributed by atoms with Crippen molar-refractivity contribution in [2.24, 2.45) is 5.92 Å². The fourth-order valence-corrected chi connectivity index (χ4v) is 3.86. The van der Waals surface area contributed by atoms with Crippen LogP contribution in [0.4, 0.5) is 0 Å². The largest absolute Gasteiger partial charge is 0.481 e. The molecule has 20 heavy (non-hydrogen) atoms. The molecule has 0 aromatic heterocycles. The number of ether oxygens (including phenoxy) is 1. The first-order valence-corrected chi connectivity index (χ1v) is 7.02. The smallest absolute Gasteiger partial charge is 0.333 e. The first kappa shape index (κ1) is 15.3. The second-order valence-corrected chi connectivity index (χ2v) is 6.86. The molecule has 4 unspecified atom stereocenters. The number of carboxylic acid groups (broad SMARTS) is 2. The van der Waals surface area contributed by atoms with Crippen LogP contribution in [0.2, 0.25) is 0 Å². The molecule has 3 rings (SSSR count). The summed E-state index contributed by atoms with van der Waals surface area (Å²) in [5.41, 5.74) is -0.183. The highest BCUT2D eigenvalue weighted by Gasteiger charge is 2.53. The second-order valence-electron chi connectivity index (χ2n) is 6.86. The van der Waals surface area contributed by atoms with E-state index in [-0.39, 0.29) is 23.1 Å². The van der Waals surface area contributed by atoms with Crippen LogP contribution in [0.5, 0.6) is 0 Å². The van der Waals surface area contributed by atoms with Crippen LogP contribution in [0.1, 0.15) is 46.5 Å². The van der Waals surface area contributed by atoms with Crippen molar-refractivity contribution in [2.75, 3.05) is 0 Å². The van der Waals surface area contributed by atoms with Gasteiger partial charge in [-0.25, -0.2) is 4.79 Å². The molecule has 2 heterocycles. The number of hydrogen-bond donors (Lipinski definition) is 3. The Labute approximate surface area is 118 Å². The molecule has 0 radical (unpaired) electrons. The minimum Gasteiger partial charge on any atom is -0.481 e. The topological polar surface area (TPSA) is 95.9 Å². The standard InChI is InChI=1S/C14H23NO5/c1-13(2)8-4-5-14(3,15-13)7-10(8)20-9(12(18)19)6-11(16)17/h8-10,15H,4-7H2,1-3H3,(H,16,17)(H,18,19). The van der Waals surface area contributed by atoms with E-state index in [4.69, 9.17) is 14.9 Å². The van der Waals surface area contributed by atoms with Gasteiger partial charge >= 0.3 is 11.9 Å². The number of carbonyl (C=O) groups is 2. The maximum atomic E-state index is 11.2. The van der Waals surface area contributed by atoms with Gasteiger partial charge in [-0.15, -0.1) is 0 Å². The Kier molecular flexibility index (Phi) is 3.81. The van der Waals surface area contributed by atoms with Gasteiger partial charge in [-0.1, -0.05) is 0 Å². The third-order valence-corrected chi connectivity index (χ3v) is 4.63. The summed E-state index contributed by atoms with van der Waals surface area (Å²) in [6.45, 7) is 6.31. The molecule has 6 heteroatoms. The van der Waals surface area contributed by atoms with Gasteiger partial charge in [-0.05, 0) is 40.0 Å². The van der Waals surface area contributed by atoms with Gasteiger partial charge in [0.25, 0.3) is 0 Å². The fourth-order valence-electron chi connectivity index (χ4n) is 3.86. The predicted octanol–water partition coefficient (Wildman–Crippen LogP) is 1.24. The summed E-state index contributed by atoms with van der Waals surface area (Å²) in [4.78, 5) is 21.9. The van der Waals surface area contributed by atoms with Crippen molar-refractivity contribution in [3.05, 3.63) is 0 Å². The summed E-state index contributed by atoms with van der Waals surface area (Å²) in [5.74, 6) is -2.15. The lowest BCUT2D eigenvalue weighted by molar-refractivity contribution is -0.175. The molecule has 3 aliphatic rings. The number of aliphatic carboxylic acids is 2. The third-order valence-electron chi connectivity index (χ3n) is 4.63. The Bertz CT molecular complexity index is 419. The maximum Gasteiger partial charge on any atom is 0.333 e. The van der Waals surface area contributed by atoms with Crippen LogP contribution in [-0.2, 0) is 14.3 Å². The highest BCUT2D eigenvalue weighted by Crippen LogP contribution is 2.46. The normalized spacial score (nSPS) is 36.5. The van der Waals surface area contributed by atoms with Gasteiger partial charge < -0.3 is 20.3 Å². The highest BCUT2D eigenvalue weighted by atomic mass is 16.5. The van der Waals surface area contributed by atoms with E-state index in [2.05, 4.69) is 26.1 Å². The predicted molar refractivity (Wildman–Crippen MR) is 71.5 cm³/mol. The van der Waals surface area contributed by atoms with Gasteiger partial charge in [-0.2, -0.15) is 0 Å². The van der Waals surface area contributed by atoms with Crippen LogP contribution >= 0.6 is 0 Å². The summed E-state index contributed by atoms with van der Waals surface area (Å²) < 4.78 is 5.68. The molecule has 4 atom stereocenters. The molecule has 2 bridgehead atoms. The second kappa shape index (κ2) is 5.00. The molecule has 0 aromatic carbocycles. The zero-order chi connectivity index (χ0) is 15.1. The molecule has 0 amide bonds. The molecule has 6 nitrogen and oxygen atoms in total. The van der Waals surface area contributed by atoms with Crippen LogP contribution in [0, 0.1) is 5.92 Å². The van der Waals surface area contributed by atoms with Gasteiger partial charge in [0.05, 0.1) is 12.5 Å². The van der Waals surface area contributed by atoms with E-state index >= 15 is 0 Å². The zero-order valence-electron chi connectivity index (χ0n) is 12.2. The summed E-state index contributed by atoms with van der Waals surface area (Å²) in [6.07, 6.45) is 0.771. The lowest BCUT2D eigenvalue weighted by Gasteiger charge is -2.58. The molecule has 3 fully saturated rings. The van der Waals surface area contributed by atoms with E-state index in [1.165, 1.54) is 0 Å². The van der Waals surface area contributed by atoms with Crippen molar-refractivity contribution in [1.82, 2.24) is 5.32 Å². The van der Waals surface area contributed by atoms with Crippen LogP contribution in [-0.4, -0.2) is 45.4 Å². The number of nitrogens with one attached hydrogen (secondary N) is 1. The van der Waals surface area contributed by atoms with Crippen LogP contribution < -0.4 is 5.32 Å². The van der Waals surface area contributed by atoms with Crippen LogP contribution in [0.15, 0.2) is 0 Å². The summed E-state index contributed by atoms with van der Waals surface area (Å²) in [7, 11) is 0. The monoisotopic (exact) mass is 285 g/mol. The van der Waals surface area contributed by atoms with E-state index < -0.39 is 24.5 Å². The van der Waals surface area contributed by atoms with Crippen LogP contribution in [0.3, 0.4) is 0 Å². The van der Waals surface area contributed by atoms with Gasteiger partial charge in [0.1, 0.15) is 0 Å². The Morgan fingerprint density at radius 1 is 1.35 bits per heavy atom. The maximum absolute atomic E-state index is 11.2.